The predicted octanol–water partition coefficient (Wildman–Crippen LogP) is 2.15. The average Bonchev–Trinajstić information content (AvgIpc) is 2.64. The van der Waals surface area contributed by atoms with Crippen molar-refractivity contribution in [1.82, 2.24) is 10.3 Å². The summed E-state index contributed by atoms with van der Waals surface area (Å²) in [5, 5.41) is 4.16. The molecule has 0 aliphatic rings. The maximum Gasteiger partial charge on any atom is 0.255 e. The van der Waals surface area contributed by atoms with Crippen molar-refractivity contribution in [2.24, 2.45) is 0 Å². The van der Waals surface area contributed by atoms with Gasteiger partial charge in [0.2, 0.25) is 0 Å². The highest BCUT2D eigenvalue weighted by molar-refractivity contribution is 7.99. The van der Waals surface area contributed by atoms with Gasteiger partial charge < -0.3 is 9.73 Å². The molecule has 1 N–H and O–H groups in total. The van der Waals surface area contributed by atoms with E-state index < -0.39 is 0 Å². The SMILES string of the molecule is CCCNC(C)CSc1ncco1. The smallest absolute Gasteiger partial charge is 0.255 e. The number of thioether (sulfide) groups is 1. The molecule has 0 radical (unpaired) electrons. The molecule has 1 rings (SSSR count). The van der Waals surface area contributed by atoms with Crippen LogP contribution in [0.3, 0.4) is 0 Å². The number of rotatable bonds is 6. The second-order valence-corrected chi connectivity index (χ2v) is 3.94. The van der Waals surface area contributed by atoms with E-state index in [1.807, 2.05) is 0 Å². The van der Waals surface area contributed by atoms with E-state index >= 15 is 0 Å². The van der Waals surface area contributed by atoms with Crippen LogP contribution in [0.5, 0.6) is 0 Å². The normalized spacial score (nSPS) is 13.1. The van der Waals surface area contributed by atoms with Gasteiger partial charge in [-0.3, -0.25) is 0 Å². The monoisotopic (exact) mass is 200 g/mol. The lowest BCUT2D eigenvalue weighted by Crippen LogP contribution is -2.28. The summed E-state index contributed by atoms with van der Waals surface area (Å²) in [7, 11) is 0. The maximum absolute atomic E-state index is 5.11. The summed E-state index contributed by atoms with van der Waals surface area (Å²) in [6.07, 6.45) is 4.45. The van der Waals surface area contributed by atoms with Crippen molar-refractivity contribution in [2.75, 3.05) is 12.3 Å². The van der Waals surface area contributed by atoms with Crippen molar-refractivity contribution < 1.29 is 4.42 Å². The highest BCUT2D eigenvalue weighted by Crippen LogP contribution is 2.15. The molecular formula is C9H16N2OS. The van der Waals surface area contributed by atoms with Gasteiger partial charge in [-0.2, -0.15) is 0 Å². The molecule has 13 heavy (non-hydrogen) atoms. The van der Waals surface area contributed by atoms with Gasteiger partial charge in [-0.25, -0.2) is 4.98 Å². The number of nitrogens with zero attached hydrogens (tertiary/aromatic N) is 1. The first kappa shape index (κ1) is 10.6. The molecule has 74 valence electrons. The highest BCUT2D eigenvalue weighted by atomic mass is 32.2. The molecule has 3 nitrogen and oxygen atoms in total. The second-order valence-electron chi connectivity index (χ2n) is 2.96. The van der Waals surface area contributed by atoms with Crippen LogP contribution in [0, 0.1) is 0 Å². The molecule has 0 aromatic carbocycles. The van der Waals surface area contributed by atoms with Crippen molar-refractivity contribution in [3.05, 3.63) is 12.5 Å². The van der Waals surface area contributed by atoms with Gasteiger partial charge in [0.15, 0.2) is 0 Å². The van der Waals surface area contributed by atoms with Gasteiger partial charge in [-0.1, -0.05) is 18.7 Å². The second kappa shape index (κ2) is 6.05. The number of aromatic nitrogens is 1. The van der Waals surface area contributed by atoms with Crippen LogP contribution < -0.4 is 5.32 Å². The molecule has 0 saturated heterocycles. The minimum atomic E-state index is 0.511. The van der Waals surface area contributed by atoms with Crippen molar-refractivity contribution in [1.29, 1.82) is 0 Å². The van der Waals surface area contributed by atoms with E-state index in [4.69, 9.17) is 4.42 Å². The fraction of sp³-hybridized carbons (Fsp3) is 0.667. The Morgan fingerprint density at radius 2 is 2.54 bits per heavy atom. The van der Waals surface area contributed by atoms with Crippen LogP contribution in [0.1, 0.15) is 20.3 Å². The first-order valence-corrected chi connectivity index (χ1v) is 5.57. The van der Waals surface area contributed by atoms with Gasteiger partial charge >= 0.3 is 0 Å². The quantitative estimate of drug-likeness (QED) is 0.714. The summed E-state index contributed by atoms with van der Waals surface area (Å²) in [6.45, 7) is 5.42. The lowest BCUT2D eigenvalue weighted by atomic mass is 10.3. The molecule has 0 bridgehead atoms. The Morgan fingerprint density at radius 3 is 3.15 bits per heavy atom. The molecular weight excluding hydrogens is 184 g/mol. The largest absolute Gasteiger partial charge is 0.440 e. The molecule has 4 heteroatoms. The van der Waals surface area contributed by atoms with E-state index in [2.05, 4.69) is 24.1 Å². The fourth-order valence-electron chi connectivity index (χ4n) is 0.928. The Morgan fingerprint density at radius 1 is 1.69 bits per heavy atom. The molecule has 0 saturated carbocycles. The van der Waals surface area contributed by atoms with Crippen LogP contribution in [0.25, 0.3) is 0 Å². The van der Waals surface area contributed by atoms with Gasteiger partial charge in [0, 0.05) is 11.8 Å². The minimum absolute atomic E-state index is 0.511. The zero-order valence-electron chi connectivity index (χ0n) is 8.12. The summed E-state index contributed by atoms with van der Waals surface area (Å²) in [4.78, 5) is 4.04. The summed E-state index contributed by atoms with van der Waals surface area (Å²) >= 11 is 1.65. The zero-order chi connectivity index (χ0) is 9.52. The van der Waals surface area contributed by atoms with E-state index in [1.54, 1.807) is 24.2 Å². The van der Waals surface area contributed by atoms with E-state index in [1.165, 1.54) is 6.42 Å². The third-order valence-electron chi connectivity index (χ3n) is 1.61. The van der Waals surface area contributed by atoms with Crippen LogP contribution >= 0.6 is 11.8 Å². The Balaban J connectivity index is 2.11. The van der Waals surface area contributed by atoms with Crippen LogP contribution in [0.15, 0.2) is 22.1 Å². The van der Waals surface area contributed by atoms with E-state index in [-0.39, 0.29) is 0 Å². The summed E-state index contributed by atoms with van der Waals surface area (Å²) < 4.78 is 5.11. The summed E-state index contributed by atoms with van der Waals surface area (Å²) in [6, 6.07) is 0.511. The van der Waals surface area contributed by atoms with E-state index in [9.17, 15) is 0 Å². The standard InChI is InChI=1S/C9H16N2OS/c1-3-4-10-8(2)7-13-9-11-5-6-12-9/h5-6,8,10H,3-4,7H2,1-2H3. The number of oxazole rings is 1. The molecule has 0 aliphatic carbocycles. The Kier molecular flexibility index (Phi) is 4.93. The van der Waals surface area contributed by atoms with Gasteiger partial charge in [-0.15, -0.1) is 0 Å². The molecule has 1 aromatic heterocycles. The third kappa shape index (κ3) is 4.33. The first-order chi connectivity index (χ1) is 6.33. The Hall–Kier alpha value is -0.480. The third-order valence-corrected chi connectivity index (χ3v) is 2.72. The molecule has 0 amide bonds. The van der Waals surface area contributed by atoms with E-state index in [0.717, 1.165) is 17.5 Å². The fourth-order valence-corrected chi connectivity index (χ4v) is 1.70. The molecule has 0 aliphatic heterocycles. The number of hydrogen-bond donors (Lipinski definition) is 1. The van der Waals surface area contributed by atoms with E-state index in [0.29, 0.717) is 6.04 Å². The van der Waals surface area contributed by atoms with Gasteiger partial charge in [-0.05, 0) is 19.9 Å². The molecule has 1 aromatic rings. The topological polar surface area (TPSA) is 38.1 Å². The predicted molar refractivity (Wildman–Crippen MR) is 55.0 cm³/mol. The highest BCUT2D eigenvalue weighted by Gasteiger charge is 2.03. The lowest BCUT2D eigenvalue weighted by molar-refractivity contribution is 0.453. The number of nitrogens with one attached hydrogen (secondary N) is 1. The first-order valence-electron chi connectivity index (χ1n) is 4.58. The molecule has 1 heterocycles. The Bertz CT molecular complexity index is 213. The van der Waals surface area contributed by atoms with Crippen LogP contribution in [0.4, 0.5) is 0 Å². The van der Waals surface area contributed by atoms with Crippen molar-refractivity contribution in [2.45, 2.75) is 31.5 Å². The minimum Gasteiger partial charge on any atom is -0.440 e. The van der Waals surface area contributed by atoms with Crippen molar-refractivity contribution >= 4 is 11.8 Å². The van der Waals surface area contributed by atoms with Crippen LogP contribution in [-0.4, -0.2) is 23.3 Å². The summed E-state index contributed by atoms with van der Waals surface area (Å²) in [5.41, 5.74) is 0. The molecule has 1 unspecified atom stereocenters. The maximum atomic E-state index is 5.11. The average molecular weight is 200 g/mol. The summed E-state index contributed by atoms with van der Waals surface area (Å²) in [5.74, 6) is 1.00. The lowest BCUT2D eigenvalue weighted by Gasteiger charge is -2.10. The van der Waals surface area contributed by atoms with Crippen LogP contribution in [0.2, 0.25) is 0 Å². The molecule has 0 fully saturated rings. The Labute approximate surface area is 83.3 Å². The molecule has 0 spiro atoms. The zero-order valence-corrected chi connectivity index (χ0v) is 8.93. The van der Waals surface area contributed by atoms with Gasteiger partial charge in [0.25, 0.3) is 5.22 Å². The number of hydrogen-bond acceptors (Lipinski definition) is 4. The van der Waals surface area contributed by atoms with Crippen LogP contribution in [-0.2, 0) is 0 Å². The molecule has 1 atom stereocenters. The van der Waals surface area contributed by atoms with Gasteiger partial charge in [0.05, 0.1) is 6.20 Å². The van der Waals surface area contributed by atoms with Crippen molar-refractivity contribution in [3.63, 3.8) is 0 Å². The van der Waals surface area contributed by atoms with Crippen molar-refractivity contribution in [3.8, 4) is 0 Å². The van der Waals surface area contributed by atoms with Gasteiger partial charge in [0.1, 0.15) is 6.26 Å².